The summed E-state index contributed by atoms with van der Waals surface area (Å²) in [7, 11) is 0. The molecule has 0 spiro atoms. The third kappa shape index (κ3) is 3.18. The number of aliphatic hydroxyl groups is 1. The Labute approximate surface area is 105 Å². The summed E-state index contributed by atoms with van der Waals surface area (Å²) >= 11 is 2.29. The first kappa shape index (κ1) is 11.4. The van der Waals surface area contributed by atoms with E-state index in [1.165, 1.54) is 22.8 Å². The van der Waals surface area contributed by atoms with E-state index in [1.807, 2.05) is 19.1 Å². The third-order valence-electron chi connectivity index (χ3n) is 3.20. The van der Waals surface area contributed by atoms with E-state index in [4.69, 9.17) is 0 Å². The van der Waals surface area contributed by atoms with Crippen LogP contribution < -0.4 is 0 Å². The van der Waals surface area contributed by atoms with Crippen molar-refractivity contribution in [1.82, 2.24) is 0 Å². The van der Waals surface area contributed by atoms with E-state index in [9.17, 15) is 5.11 Å². The lowest BCUT2D eigenvalue weighted by Crippen LogP contribution is -2.21. The average Bonchev–Trinajstić information content (AvgIpc) is 2.99. The van der Waals surface area contributed by atoms with Gasteiger partial charge in [-0.15, -0.1) is 0 Å². The number of halogens is 1. The quantitative estimate of drug-likeness (QED) is 0.840. The Morgan fingerprint density at radius 3 is 2.47 bits per heavy atom. The van der Waals surface area contributed by atoms with Crippen molar-refractivity contribution in [3.63, 3.8) is 0 Å². The minimum atomic E-state index is -0.646. The van der Waals surface area contributed by atoms with E-state index in [1.54, 1.807) is 0 Å². The highest BCUT2D eigenvalue weighted by atomic mass is 127. The molecule has 2 rings (SSSR count). The molecule has 0 heterocycles. The second-order valence-corrected chi connectivity index (χ2v) is 6.01. The maximum absolute atomic E-state index is 10.4. The largest absolute Gasteiger partial charge is 0.385 e. The predicted molar refractivity (Wildman–Crippen MR) is 70.7 cm³/mol. The first-order chi connectivity index (χ1) is 7.08. The van der Waals surface area contributed by atoms with Gasteiger partial charge in [-0.2, -0.15) is 0 Å². The molecule has 1 aromatic rings. The van der Waals surface area contributed by atoms with Crippen LogP contribution in [0.2, 0.25) is 0 Å². The van der Waals surface area contributed by atoms with Crippen LogP contribution in [0.25, 0.3) is 0 Å². The van der Waals surface area contributed by atoms with Gasteiger partial charge in [0.2, 0.25) is 0 Å². The topological polar surface area (TPSA) is 20.2 Å². The molecule has 1 atom stereocenters. The van der Waals surface area contributed by atoms with Crippen LogP contribution in [-0.2, 0) is 5.60 Å². The van der Waals surface area contributed by atoms with Crippen molar-refractivity contribution in [2.24, 2.45) is 5.92 Å². The summed E-state index contributed by atoms with van der Waals surface area (Å²) in [5.41, 5.74) is 0.399. The highest BCUT2D eigenvalue weighted by Crippen LogP contribution is 2.37. The Bertz CT molecular complexity index is 325. The minimum Gasteiger partial charge on any atom is -0.385 e. The highest BCUT2D eigenvalue weighted by molar-refractivity contribution is 14.1. The Hall–Kier alpha value is -0.0900. The Kier molecular flexibility index (Phi) is 3.36. The maximum atomic E-state index is 10.4. The van der Waals surface area contributed by atoms with Gasteiger partial charge in [0.25, 0.3) is 0 Å². The fraction of sp³-hybridized carbons (Fsp3) is 0.538. The predicted octanol–water partition coefficient (Wildman–Crippen LogP) is 3.69. The molecule has 1 saturated carbocycles. The summed E-state index contributed by atoms with van der Waals surface area (Å²) < 4.78 is 1.22. The molecule has 0 amide bonds. The summed E-state index contributed by atoms with van der Waals surface area (Å²) in [4.78, 5) is 0. The molecule has 1 N–H and O–H groups in total. The van der Waals surface area contributed by atoms with E-state index in [2.05, 4.69) is 34.7 Å². The van der Waals surface area contributed by atoms with Gasteiger partial charge in [-0.25, -0.2) is 0 Å². The van der Waals surface area contributed by atoms with E-state index in [0.29, 0.717) is 0 Å². The first-order valence-corrected chi connectivity index (χ1v) is 6.64. The summed E-state index contributed by atoms with van der Waals surface area (Å²) in [5.74, 6) is 0.889. The smallest absolute Gasteiger partial charge is 0.0868 e. The van der Waals surface area contributed by atoms with Crippen molar-refractivity contribution >= 4 is 22.6 Å². The van der Waals surface area contributed by atoms with Crippen LogP contribution in [0.5, 0.6) is 0 Å². The monoisotopic (exact) mass is 316 g/mol. The van der Waals surface area contributed by atoms with Gasteiger partial charge >= 0.3 is 0 Å². The molecule has 0 aromatic heterocycles. The van der Waals surface area contributed by atoms with Crippen LogP contribution in [0.15, 0.2) is 24.3 Å². The normalized spacial score (nSPS) is 19.9. The van der Waals surface area contributed by atoms with Crippen LogP contribution in [0.3, 0.4) is 0 Å². The average molecular weight is 316 g/mol. The van der Waals surface area contributed by atoms with Gasteiger partial charge in [0.1, 0.15) is 0 Å². The van der Waals surface area contributed by atoms with Gasteiger partial charge in [0.05, 0.1) is 5.60 Å². The Morgan fingerprint density at radius 1 is 1.33 bits per heavy atom. The van der Waals surface area contributed by atoms with Crippen LogP contribution in [0.4, 0.5) is 0 Å². The minimum absolute atomic E-state index is 0.646. The van der Waals surface area contributed by atoms with Gasteiger partial charge in [-0.3, -0.25) is 0 Å². The maximum Gasteiger partial charge on any atom is 0.0868 e. The number of rotatable bonds is 4. The molecule has 0 bridgehead atoms. The van der Waals surface area contributed by atoms with Crippen molar-refractivity contribution in [2.45, 2.75) is 38.2 Å². The molecule has 0 radical (unpaired) electrons. The molecule has 15 heavy (non-hydrogen) atoms. The highest BCUT2D eigenvalue weighted by Gasteiger charge is 2.28. The first-order valence-electron chi connectivity index (χ1n) is 5.56. The summed E-state index contributed by atoms with van der Waals surface area (Å²) in [6, 6.07) is 8.19. The molecule has 2 heteroatoms. The fourth-order valence-corrected chi connectivity index (χ4v) is 2.20. The fourth-order valence-electron chi connectivity index (χ4n) is 1.84. The summed E-state index contributed by atoms with van der Waals surface area (Å²) in [6.07, 6.45) is 4.78. The molecule has 1 aliphatic rings. The van der Waals surface area contributed by atoms with Crippen LogP contribution in [0, 0.1) is 9.49 Å². The number of benzene rings is 1. The number of hydrogen-bond acceptors (Lipinski definition) is 1. The van der Waals surface area contributed by atoms with Crippen LogP contribution in [-0.4, -0.2) is 5.11 Å². The molecule has 0 saturated heterocycles. The molecule has 1 aromatic carbocycles. The third-order valence-corrected chi connectivity index (χ3v) is 3.92. The molecule has 0 aliphatic heterocycles. The van der Waals surface area contributed by atoms with Crippen LogP contribution >= 0.6 is 22.6 Å². The lowest BCUT2D eigenvalue weighted by molar-refractivity contribution is 0.0439. The van der Waals surface area contributed by atoms with E-state index in [-0.39, 0.29) is 0 Å². The van der Waals surface area contributed by atoms with Gasteiger partial charge in [-0.05, 0) is 66.0 Å². The molecule has 1 fully saturated rings. The van der Waals surface area contributed by atoms with Gasteiger partial charge < -0.3 is 5.11 Å². The molecular formula is C13H17IO. The van der Waals surface area contributed by atoms with Gasteiger partial charge in [0.15, 0.2) is 0 Å². The molecule has 1 unspecified atom stereocenters. The Balaban J connectivity index is 2.02. The van der Waals surface area contributed by atoms with Crippen molar-refractivity contribution in [1.29, 1.82) is 0 Å². The summed E-state index contributed by atoms with van der Waals surface area (Å²) in [6.45, 7) is 1.93. The Morgan fingerprint density at radius 2 is 1.93 bits per heavy atom. The second-order valence-electron chi connectivity index (χ2n) is 4.76. The standard InChI is InChI=1S/C13H17IO/c1-13(15,9-8-10-2-3-10)11-4-6-12(14)7-5-11/h4-7,10,15H,2-3,8-9H2,1H3. The van der Waals surface area contributed by atoms with Crippen LogP contribution in [0.1, 0.15) is 38.2 Å². The van der Waals surface area contributed by atoms with E-state index >= 15 is 0 Å². The number of hydrogen-bond donors (Lipinski definition) is 1. The lowest BCUT2D eigenvalue weighted by atomic mass is 9.90. The van der Waals surface area contributed by atoms with Gasteiger partial charge in [-0.1, -0.05) is 25.0 Å². The molecule has 1 nitrogen and oxygen atoms in total. The summed E-state index contributed by atoms with van der Waals surface area (Å²) in [5, 5.41) is 10.4. The zero-order chi connectivity index (χ0) is 10.9. The zero-order valence-corrected chi connectivity index (χ0v) is 11.2. The second kappa shape index (κ2) is 4.42. The van der Waals surface area contributed by atoms with Gasteiger partial charge in [0, 0.05) is 3.57 Å². The van der Waals surface area contributed by atoms with E-state index < -0.39 is 5.60 Å². The SMILES string of the molecule is CC(O)(CCC1CC1)c1ccc(I)cc1. The van der Waals surface area contributed by atoms with Crippen molar-refractivity contribution in [2.75, 3.05) is 0 Å². The molecular weight excluding hydrogens is 299 g/mol. The van der Waals surface area contributed by atoms with Crippen molar-refractivity contribution in [3.05, 3.63) is 33.4 Å². The molecule has 82 valence electrons. The molecule has 1 aliphatic carbocycles. The van der Waals surface area contributed by atoms with Crippen molar-refractivity contribution < 1.29 is 5.11 Å². The van der Waals surface area contributed by atoms with E-state index in [0.717, 1.165) is 17.9 Å². The zero-order valence-electron chi connectivity index (χ0n) is 9.04. The lowest BCUT2D eigenvalue weighted by Gasteiger charge is -2.23. The van der Waals surface area contributed by atoms with Crippen molar-refractivity contribution in [3.8, 4) is 0 Å².